The molecule has 166 valence electrons. The van der Waals surface area contributed by atoms with Crippen LogP contribution in [0, 0.1) is 11.7 Å². The zero-order chi connectivity index (χ0) is 21.8. The third kappa shape index (κ3) is 3.56. The number of carbonyl (C=O) groups excluding carboxylic acids is 1. The Morgan fingerprint density at radius 2 is 1.81 bits per heavy atom. The predicted octanol–water partition coefficient (Wildman–Crippen LogP) is 4.80. The molecule has 1 aliphatic heterocycles. The fourth-order valence-corrected chi connectivity index (χ4v) is 6.37. The van der Waals surface area contributed by atoms with Crippen molar-refractivity contribution < 1.29 is 9.18 Å². The topological polar surface area (TPSA) is 49.3 Å². The maximum atomic E-state index is 13.2. The van der Waals surface area contributed by atoms with Crippen LogP contribution in [0.5, 0.6) is 0 Å². The Kier molecular flexibility index (Phi) is 4.90. The molecular weight excluding hydrogens is 423 g/mol. The lowest BCUT2D eigenvalue weighted by molar-refractivity contribution is 0.0746. The number of anilines is 1. The van der Waals surface area contributed by atoms with E-state index < -0.39 is 0 Å². The largest absolute Gasteiger partial charge is 0.352 e. The van der Waals surface area contributed by atoms with Crippen LogP contribution in [0.4, 0.5) is 10.2 Å². The average Bonchev–Trinajstić information content (AvgIpc) is 3.59. The zero-order valence-corrected chi connectivity index (χ0v) is 19.1. The third-order valence-corrected chi connectivity index (χ3v) is 8.20. The Morgan fingerprint density at radius 3 is 2.53 bits per heavy atom. The molecule has 3 aromatic rings. The van der Waals surface area contributed by atoms with E-state index in [1.807, 2.05) is 16.2 Å². The Morgan fingerprint density at radius 1 is 1.06 bits per heavy atom. The van der Waals surface area contributed by atoms with Gasteiger partial charge in [0.2, 0.25) is 0 Å². The quantitative estimate of drug-likeness (QED) is 0.575. The van der Waals surface area contributed by atoms with Gasteiger partial charge in [0.15, 0.2) is 0 Å². The molecular formula is C25H27FN4OS. The summed E-state index contributed by atoms with van der Waals surface area (Å²) in [7, 11) is 0. The van der Waals surface area contributed by atoms with Crippen molar-refractivity contribution in [2.24, 2.45) is 5.92 Å². The maximum absolute atomic E-state index is 13.2. The van der Waals surface area contributed by atoms with Crippen molar-refractivity contribution >= 4 is 33.3 Å². The number of fused-ring (bicyclic) bond motifs is 3. The Balaban J connectivity index is 1.29. The highest BCUT2D eigenvalue weighted by Crippen LogP contribution is 2.44. The number of hydrogen-bond donors (Lipinski definition) is 0. The summed E-state index contributed by atoms with van der Waals surface area (Å²) >= 11 is 1.87. The molecule has 0 unspecified atom stereocenters. The number of aromatic nitrogens is 2. The summed E-state index contributed by atoms with van der Waals surface area (Å²) in [6.07, 6.45) is 5.86. The lowest BCUT2D eigenvalue weighted by atomic mass is 9.89. The second-order valence-electron chi connectivity index (χ2n) is 9.50. The van der Waals surface area contributed by atoms with E-state index >= 15 is 0 Å². The van der Waals surface area contributed by atoms with Crippen molar-refractivity contribution in [2.45, 2.75) is 44.9 Å². The molecule has 0 N–H and O–H groups in total. The van der Waals surface area contributed by atoms with Gasteiger partial charge in [0.05, 0.1) is 5.39 Å². The molecule has 3 heterocycles. The fraction of sp³-hybridized carbons (Fsp3) is 0.480. The van der Waals surface area contributed by atoms with E-state index in [9.17, 15) is 9.18 Å². The highest BCUT2D eigenvalue weighted by molar-refractivity contribution is 7.19. The molecule has 32 heavy (non-hydrogen) atoms. The Labute approximate surface area is 191 Å². The van der Waals surface area contributed by atoms with Crippen molar-refractivity contribution in [2.75, 3.05) is 31.1 Å². The molecule has 6 rings (SSSR count). The van der Waals surface area contributed by atoms with Crippen molar-refractivity contribution in [3.05, 3.63) is 51.9 Å². The van der Waals surface area contributed by atoms with Gasteiger partial charge in [-0.25, -0.2) is 14.4 Å². The van der Waals surface area contributed by atoms with Crippen LogP contribution in [0.2, 0.25) is 0 Å². The van der Waals surface area contributed by atoms with Gasteiger partial charge in [-0.3, -0.25) is 4.79 Å². The number of hydrogen-bond acceptors (Lipinski definition) is 5. The van der Waals surface area contributed by atoms with E-state index in [2.05, 4.69) is 11.8 Å². The van der Waals surface area contributed by atoms with E-state index in [0.29, 0.717) is 24.6 Å². The van der Waals surface area contributed by atoms with Crippen LogP contribution in [-0.4, -0.2) is 47.0 Å². The van der Waals surface area contributed by atoms with Crippen molar-refractivity contribution in [1.82, 2.24) is 14.9 Å². The minimum Gasteiger partial charge on any atom is -0.352 e. The first-order valence-electron chi connectivity index (χ1n) is 11.7. The number of halogens is 1. The molecule has 1 saturated heterocycles. The monoisotopic (exact) mass is 450 g/mol. The summed E-state index contributed by atoms with van der Waals surface area (Å²) in [4.78, 5) is 29.8. The number of benzene rings is 1. The maximum Gasteiger partial charge on any atom is 0.253 e. The van der Waals surface area contributed by atoms with Crippen molar-refractivity contribution in [3.63, 3.8) is 0 Å². The molecule has 1 saturated carbocycles. The molecule has 7 heteroatoms. The minimum absolute atomic E-state index is 0.0296. The number of piperazine rings is 1. The zero-order valence-electron chi connectivity index (χ0n) is 18.3. The number of thiophene rings is 1. The first kappa shape index (κ1) is 20.1. The first-order chi connectivity index (χ1) is 15.6. The summed E-state index contributed by atoms with van der Waals surface area (Å²) in [6, 6.07) is 5.83. The Hall–Kier alpha value is -2.54. The second-order valence-corrected chi connectivity index (χ2v) is 10.6. The van der Waals surface area contributed by atoms with Gasteiger partial charge in [0, 0.05) is 42.5 Å². The summed E-state index contributed by atoms with van der Waals surface area (Å²) < 4.78 is 13.2. The van der Waals surface area contributed by atoms with Gasteiger partial charge in [0.1, 0.15) is 22.3 Å². The van der Waals surface area contributed by atoms with Crippen molar-refractivity contribution in [3.8, 4) is 0 Å². The molecule has 1 amide bonds. The fourth-order valence-electron chi connectivity index (χ4n) is 4.99. The number of amides is 1. The predicted molar refractivity (Wildman–Crippen MR) is 125 cm³/mol. The lowest BCUT2D eigenvalue weighted by Crippen LogP contribution is -2.49. The summed E-state index contributed by atoms with van der Waals surface area (Å²) in [6.45, 7) is 5.13. The van der Waals surface area contributed by atoms with Crippen LogP contribution in [0.15, 0.2) is 24.3 Å². The minimum atomic E-state index is -0.320. The van der Waals surface area contributed by atoms with Crippen LogP contribution >= 0.6 is 11.3 Å². The number of carbonyl (C=O) groups is 1. The molecule has 5 nitrogen and oxygen atoms in total. The van der Waals surface area contributed by atoms with E-state index in [0.717, 1.165) is 48.3 Å². The second kappa shape index (κ2) is 7.80. The van der Waals surface area contributed by atoms with Gasteiger partial charge in [-0.1, -0.05) is 6.92 Å². The smallest absolute Gasteiger partial charge is 0.253 e. The van der Waals surface area contributed by atoms with Crippen LogP contribution in [0.25, 0.3) is 10.2 Å². The highest BCUT2D eigenvalue weighted by atomic mass is 32.1. The van der Waals surface area contributed by atoms with Gasteiger partial charge in [-0.2, -0.15) is 0 Å². The molecule has 0 spiro atoms. The highest BCUT2D eigenvalue weighted by Gasteiger charge is 2.32. The standard InChI is InChI=1S/C25H27FN4OS/c1-15-2-9-19-20(14-15)32-24-21(19)23(27-22(28-24)16-3-4-16)29-10-12-30(13-11-29)25(31)17-5-7-18(26)8-6-17/h5-8,15-16H,2-4,9-14H2,1H3/t15-/m1/s1. The van der Waals surface area contributed by atoms with E-state index in [4.69, 9.17) is 9.97 Å². The van der Waals surface area contributed by atoms with Crippen LogP contribution in [0.1, 0.15) is 58.7 Å². The summed E-state index contributed by atoms with van der Waals surface area (Å²) in [5.41, 5.74) is 2.01. The molecule has 3 aliphatic rings. The summed E-state index contributed by atoms with van der Waals surface area (Å²) in [5, 5.41) is 1.26. The van der Waals surface area contributed by atoms with Crippen molar-refractivity contribution in [1.29, 1.82) is 0 Å². The average molecular weight is 451 g/mol. The van der Waals surface area contributed by atoms with E-state index in [1.54, 1.807) is 12.1 Å². The molecule has 2 fully saturated rings. The van der Waals surface area contributed by atoms with Gasteiger partial charge >= 0.3 is 0 Å². The molecule has 0 bridgehead atoms. The molecule has 2 aromatic heterocycles. The molecule has 1 aromatic carbocycles. The van der Waals surface area contributed by atoms with E-state index in [1.165, 1.54) is 47.2 Å². The first-order valence-corrected chi connectivity index (χ1v) is 12.5. The van der Waals surface area contributed by atoms with Gasteiger partial charge in [-0.05, 0) is 67.9 Å². The summed E-state index contributed by atoms with van der Waals surface area (Å²) in [5.74, 6) is 2.98. The molecule has 2 aliphatic carbocycles. The number of aryl methyl sites for hydroxylation is 1. The lowest BCUT2D eigenvalue weighted by Gasteiger charge is -2.36. The van der Waals surface area contributed by atoms with Crippen LogP contribution < -0.4 is 4.90 Å². The van der Waals surface area contributed by atoms with E-state index in [-0.39, 0.29) is 11.7 Å². The van der Waals surface area contributed by atoms with Gasteiger partial charge < -0.3 is 9.80 Å². The normalized spacial score (nSPS) is 21.1. The van der Waals surface area contributed by atoms with Gasteiger partial charge in [-0.15, -0.1) is 11.3 Å². The van der Waals surface area contributed by atoms with Gasteiger partial charge in [0.25, 0.3) is 5.91 Å². The Bertz CT molecular complexity index is 1180. The molecule has 0 radical (unpaired) electrons. The number of nitrogens with zero attached hydrogens (tertiary/aromatic N) is 4. The molecule has 1 atom stereocenters. The van der Waals surface area contributed by atoms with Crippen LogP contribution in [-0.2, 0) is 12.8 Å². The number of rotatable bonds is 3. The third-order valence-electron chi connectivity index (χ3n) is 7.05. The SMILES string of the molecule is C[C@@H]1CCc2c(sc3nc(C4CC4)nc(N4CCN(C(=O)c5ccc(F)cc5)CC4)c23)C1. The van der Waals surface area contributed by atoms with Crippen LogP contribution in [0.3, 0.4) is 0 Å².